The van der Waals surface area contributed by atoms with Crippen LogP contribution in [0.2, 0.25) is 0 Å². The van der Waals surface area contributed by atoms with Gasteiger partial charge in [0.15, 0.2) is 0 Å². The Balaban J connectivity index is 1.92. The van der Waals surface area contributed by atoms with E-state index in [1.807, 2.05) is 24.3 Å². The van der Waals surface area contributed by atoms with Gasteiger partial charge in [-0.3, -0.25) is 0 Å². The number of aromatic nitrogens is 1. The second-order valence-electron chi connectivity index (χ2n) is 4.82. The zero-order chi connectivity index (χ0) is 13.8. The molecule has 0 aliphatic carbocycles. The van der Waals surface area contributed by atoms with Gasteiger partial charge in [0.05, 0.1) is 24.0 Å². The first-order valence-corrected chi connectivity index (χ1v) is 7.01. The Hall–Kier alpha value is -2.13. The van der Waals surface area contributed by atoms with Crippen LogP contribution in [0.15, 0.2) is 53.1 Å². The minimum Gasteiger partial charge on any atom is -0.467 e. The monoisotopic (exact) mass is 266 g/mol. The van der Waals surface area contributed by atoms with Gasteiger partial charge in [-0.15, -0.1) is 0 Å². The summed E-state index contributed by atoms with van der Waals surface area (Å²) in [6, 6.07) is 14.3. The van der Waals surface area contributed by atoms with Crippen LogP contribution in [-0.4, -0.2) is 11.5 Å². The van der Waals surface area contributed by atoms with Crippen molar-refractivity contribution >= 4 is 10.9 Å². The third-order valence-electron chi connectivity index (χ3n) is 3.33. The van der Waals surface area contributed by atoms with Crippen molar-refractivity contribution in [2.45, 2.75) is 19.9 Å². The molecule has 0 aliphatic heterocycles. The van der Waals surface area contributed by atoms with E-state index >= 15 is 0 Å². The average molecular weight is 266 g/mol. The molecule has 2 heterocycles. The molecule has 0 spiro atoms. The fourth-order valence-electron chi connectivity index (χ4n) is 2.30. The SMILES string of the molecule is CCCNCc1occc1-c1ccc2ccccc2n1. The van der Waals surface area contributed by atoms with E-state index in [1.54, 1.807) is 6.26 Å². The first-order chi connectivity index (χ1) is 9.88. The molecule has 3 aromatic rings. The number of benzene rings is 1. The highest BCUT2D eigenvalue weighted by atomic mass is 16.3. The molecule has 0 saturated carbocycles. The van der Waals surface area contributed by atoms with Gasteiger partial charge in [-0.1, -0.05) is 31.2 Å². The first kappa shape index (κ1) is 12.9. The fourth-order valence-corrected chi connectivity index (χ4v) is 2.30. The molecule has 3 heteroatoms. The number of nitrogens with one attached hydrogen (secondary N) is 1. The smallest absolute Gasteiger partial charge is 0.126 e. The summed E-state index contributed by atoms with van der Waals surface area (Å²) >= 11 is 0. The number of rotatable bonds is 5. The molecule has 0 bridgehead atoms. The van der Waals surface area contributed by atoms with E-state index < -0.39 is 0 Å². The summed E-state index contributed by atoms with van der Waals surface area (Å²) in [7, 11) is 0. The number of hydrogen-bond acceptors (Lipinski definition) is 3. The van der Waals surface area contributed by atoms with Crippen molar-refractivity contribution in [2.75, 3.05) is 6.54 Å². The van der Waals surface area contributed by atoms with Crippen LogP contribution in [0.5, 0.6) is 0 Å². The van der Waals surface area contributed by atoms with Crippen LogP contribution in [0.4, 0.5) is 0 Å². The van der Waals surface area contributed by atoms with Gasteiger partial charge in [0, 0.05) is 10.9 Å². The second-order valence-corrected chi connectivity index (χ2v) is 4.82. The number of hydrogen-bond donors (Lipinski definition) is 1. The minimum atomic E-state index is 0.741. The summed E-state index contributed by atoms with van der Waals surface area (Å²) in [5.74, 6) is 0.946. The maximum atomic E-state index is 5.58. The second kappa shape index (κ2) is 5.88. The molecule has 1 N–H and O–H groups in total. The molecular formula is C17H18N2O. The van der Waals surface area contributed by atoms with E-state index in [0.717, 1.165) is 47.4 Å². The number of pyridine rings is 1. The van der Waals surface area contributed by atoms with Crippen LogP contribution in [0.25, 0.3) is 22.2 Å². The van der Waals surface area contributed by atoms with Crippen LogP contribution in [0.3, 0.4) is 0 Å². The molecule has 0 radical (unpaired) electrons. The Morgan fingerprint density at radius 2 is 2.00 bits per heavy atom. The van der Waals surface area contributed by atoms with Crippen LogP contribution in [0.1, 0.15) is 19.1 Å². The van der Waals surface area contributed by atoms with E-state index in [-0.39, 0.29) is 0 Å². The number of para-hydroxylation sites is 1. The molecule has 0 fully saturated rings. The van der Waals surface area contributed by atoms with Gasteiger partial charge in [0.2, 0.25) is 0 Å². The summed E-state index contributed by atoms with van der Waals surface area (Å²) < 4.78 is 5.58. The quantitative estimate of drug-likeness (QED) is 0.709. The maximum Gasteiger partial charge on any atom is 0.126 e. The van der Waals surface area contributed by atoms with Crippen molar-refractivity contribution in [3.63, 3.8) is 0 Å². The van der Waals surface area contributed by atoms with Gasteiger partial charge in [-0.05, 0) is 31.2 Å². The number of nitrogens with zero attached hydrogens (tertiary/aromatic N) is 1. The van der Waals surface area contributed by atoms with Crippen molar-refractivity contribution in [3.05, 3.63) is 54.5 Å². The van der Waals surface area contributed by atoms with E-state index in [9.17, 15) is 0 Å². The summed E-state index contributed by atoms with van der Waals surface area (Å²) in [5.41, 5.74) is 3.05. The van der Waals surface area contributed by atoms with Gasteiger partial charge >= 0.3 is 0 Å². The van der Waals surface area contributed by atoms with E-state index in [4.69, 9.17) is 9.40 Å². The Kier molecular flexibility index (Phi) is 3.79. The van der Waals surface area contributed by atoms with Crippen LogP contribution < -0.4 is 5.32 Å². The van der Waals surface area contributed by atoms with Crippen molar-refractivity contribution in [3.8, 4) is 11.3 Å². The topological polar surface area (TPSA) is 38.1 Å². The Morgan fingerprint density at radius 1 is 1.10 bits per heavy atom. The minimum absolute atomic E-state index is 0.741. The average Bonchev–Trinajstić information content (AvgIpc) is 2.95. The molecule has 20 heavy (non-hydrogen) atoms. The fraction of sp³-hybridized carbons (Fsp3) is 0.235. The van der Waals surface area contributed by atoms with Crippen LogP contribution in [-0.2, 0) is 6.54 Å². The van der Waals surface area contributed by atoms with Gasteiger partial charge in [0.25, 0.3) is 0 Å². The zero-order valence-corrected chi connectivity index (χ0v) is 11.6. The lowest BCUT2D eigenvalue weighted by molar-refractivity contribution is 0.484. The summed E-state index contributed by atoms with van der Waals surface area (Å²) in [6.45, 7) is 3.89. The van der Waals surface area contributed by atoms with Crippen molar-refractivity contribution in [1.29, 1.82) is 0 Å². The van der Waals surface area contributed by atoms with Crippen molar-refractivity contribution in [2.24, 2.45) is 0 Å². The predicted octanol–water partition coefficient (Wildman–Crippen LogP) is 3.99. The van der Waals surface area contributed by atoms with E-state index in [1.165, 1.54) is 0 Å². The summed E-state index contributed by atoms with van der Waals surface area (Å²) in [4.78, 5) is 4.72. The standard InChI is InChI=1S/C17H18N2O/c1-2-10-18-12-17-14(9-11-20-17)16-8-7-13-5-3-4-6-15(13)19-16/h3-9,11,18H,2,10,12H2,1H3. The van der Waals surface area contributed by atoms with Crippen LogP contribution in [0, 0.1) is 0 Å². The third kappa shape index (κ3) is 2.58. The zero-order valence-electron chi connectivity index (χ0n) is 11.6. The predicted molar refractivity (Wildman–Crippen MR) is 81.4 cm³/mol. The van der Waals surface area contributed by atoms with E-state index in [2.05, 4.69) is 30.4 Å². The number of fused-ring (bicyclic) bond motifs is 1. The van der Waals surface area contributed by atoms with Crippen molar-refractivity contribution in [1.82, 2.24) is 10.3 Å². The summed E-state index contributed by atoms with van der Waals surface area (Å²) in [5, 5.41) is 4.52. The van der Waals surface area contributed by atoms with Crippen LogP contribution >= 0.6 is 0 Å². The molecule has 3 rings (SSSR count). The van der Waals surface area contributed by atoms with Gasteiger partial charge in [-0.25, -0.2) is 4.98 Å². The lowest BCUT2D eigenvalue weighted by Crippen LogP contribution is -2.13. The normalized spacial score (nSPS) is 11.1. The van der Waals surface area contributed by atoms with E-state index in [0.29, 0.717) is 0 Å². The Bertz CT molecular complexity index is 703. The lowest BCUT2D eigenvalue weighted by atomic mass is 10.1. The molecule has 0 saturated heterocycles. The van der Waals surface area contributed by atoms with Gasteiger partial charge in [0.1, 0.15) is 5.76 Å². The molecule has 0 aliphatic rings. The lowest BCUT2D eigenvalue weighted by Gasteiger charge is -2.05. The molecule has 1 aromatic carbocycles. The summed E-state index contributed by atoms with van der Waals surface area (Å²) in [6.07, 6.45) is 2.85. The Labute approximate surface area is 118 Å². The van der Waals surface area contributed by atoms with Gasteiger partial charge < -0.3 is 9.73 Å². The maximum absolute atomic E-state index is 5.58. The van der Waals surface area contributed by atoms with Gasteiger partial charge in [-0.2, -0.15) is 0 Å². The Morgan fingerprint density at radius 3 is 2.90 bits per heavy atom. The van der Waals surface area contributed by atoms with Crippen molar-refractivity contribution < 1.29 is 4.42 Å². The molecule has 0 atom stereocenters. The molecule has 3 nitrogen and oxygen atoms in total. The third-order valence-corrected chi connectivity index (χ3v) is 3.33. The molecule has 2 aromatic heterocycles. The molecular weight excluding hydrogens is 248 g/mol. The highest BCUT2D eigenvalue weighted by Gasteiger charge is 2.10. The molecule has 102 valence electrons. The number of furan rings is 1. The molecule has 0 unspecified atom stereocenters. The highest BCUT2D eigenvalue weighted by molar-refractivity contribution is 5.81. The first-order valence-electron chi connectivity index (χ1n) is 7.01. The molecule has 0 amide bonds. The highest BCUT2D eigenvalue weighted by Crippen LogP contribution is 2.25. The largest absolute Gasteiger partial charge is 0.467 e.